The summed E-state index contributed by atoms with van der Waals surface area (Å²) < 4.78 is 10.9. The van der Waals surface area contributed by atoms with Crippen LogP contribution in [0.4, 0.5) is 0 Å². The third-order valence-corrected chi connectivity index (χ3v) is 3.69. The van der Waals surface area contributed by atoms with Crippen LogP contribution < -0.4 is 0 Å². The van der Waals surface area contributed by atoms with Crippen molar-refractivity contribution in [1.82, 2.24) is 4.90 Å². The van der Waals surface area contributed by atoms with Crippen LogP contribution in [-0.4, -0.2) is 60.5 Å². The number of nitrogens with zero attached hydrogens (tertiary/aromatic N) is 1. The topological polar surface area (TPSA) is 59.0 Å². The molecule has 0 saturated carbocycles. The Morgan fingerprint density at radius 2 is 2.18 bits per heavy atom. The second kappa shape index (κ2) is 5.33. The Morgan fingerprint density at radius 3 is 2.76 bits per heavy atom. The summed E-state index contributed by atoms with van der Waals surface area (Å²) in [5.41, 5.74) is 0. The fraction of sp³-hybridized carbons (Fsp3) is 0.917. The van der Waals surface area contributed by atoms with Gasteiger partial charge < -0.3 is 19.5 Å². The number of rotatable bonds is 2. The Hall–Kier alpha value is -0.650. The monoisotopic (exact) mass is 243 g/mol. The lowest BCUT2D eigenvalue weighted by Crippen LogP contribution is -2.54. The van der Waals surface area contributed by atoms with Gasteiger partial charge in [0.15, 0.2) is 0 Å². The first-order chi connectivity index (χ1) is 8.13. The number of hydrogen-bond acceptors (Lipinski definition) is 4. The molecule has 98 valence electrons. The lowest BCUT2D eigenvalue weighted by molar-refractivity contribution is -0.151. The summed E-state index contributed by atoms with van der Waals surface area (Å²) in [6.07, 6.45) is 0.561. The number of amides is 1. The van der Waals surface area contributed by atoms with Gasteiger partial charge in [0.25, 0.3) is 0 Å². The zero-order chi connectivity index (χ0) is 12.4. The fourth-order valence-corrected chi connectivity index (χ4v) is 2.50. The molecule has 0 aromatic carbocycles. The normalized spacial score (nSPS) is 38.4. The third-order valence-electron chi connectivity index (χ3n) is 3.69. The molecule has 4 atom stereocenters. The molecule has 0 aliphatic carbocycles. The van der Waals surface area contributed by atoms with Gasteiger partial charge in [-0.05, 0) is 20.3 Å². The van der Waals surface area contributed by atoms with Crippen LogP contribution in [0.2, 0.25) is 0 Å². The van der Waals surface area contributed by atoms with Gasteiger partial charge >= 0.3 is 0 Å². The molecule has 4 unspecified atom stereocenters. The van der Waals surface area contributed by atoms with Crippen LogP contribution >= 0.6 is 0 Å². The van der Waals surface area contributed by atoms with Crippen molar-refractivity contribution in [2.45, 2.75) is 38.5 Å². The standard InChI is InChI=1S/C12H21NO4/c1-8-7-17-10(6-14)5-13(8)12(15)11-3-4-16-9(11)2/h8-11,14H,3-7H2,1-2H3. The summed E-state index contributed by atoms with van der Waals surface area (Å²) in [5.74, 6) is 0.110. The van der Waals surface area contributed by atoms with Crippen molar-refractivity contribution in [2.24, 2.45) is 5.92 Å². The van der Waals surface area contributed by atoms with Crippen LogP contribution in [-0.2, 0) is 14.3 Å². The minimum absolute atomic E-state index is 0.00474. The van der Waals surface area contributed by atoms with Crippen LogP contribution in [0.1, 0.15) is 20.3 Å². The first-order valence-corrected chi connectivity index (χ1v) is 6.28. The highest BCUT2D eigenvalue weighted by Crippen LogP contribution is 2.25. The number of morpholine rings is 1. The van der Waals surface area contributed by atoms with Gasteiger partial charge in [-0.2, -0.15) is 0 Å². The molecule has 1 amide bonds. The van der Waals surface area contributed by atoms with Gasteiger partial charge in [0.05, 0.1) is 37.4 Å². The maximum atomic E-state index is 12.4. The minimum atomic E-state index is -0.243. The van der Waals surface area contributed by atoms with Crippen molar-refractivity contribution in [3.05, 3.63) is 0 Å². The van der Waals surface area contributed by atoms with Gasteiger partial charge in [0.1, 0.15) is 0 Å². The lowest BCUT2D eigenvalue weighted by atomic mass is 9.99. The molecule has 2 saturated heterocycles. The summed E-state index contributed by atoms with van der Waals surface area (Å²) in [4.78, 5) is 14.2. The first-order valence-electron chi connectivity index (χ1n) is 6.28. The highest BCUT2D eigenvalue weighted by atomic mass is 16.5. The fourth-order valence-electron chi connectivity index (χ4n) is 2.50. The predicted octanol–water partition coefficient (Wildman–Crippen LogP) is 0.0196. The van der Waals surface area contributed by atoms with Gasteiger partial charge in [0.2, 0.25) is 5.91 Å². The lowest BCUT2D eigenvalue weighted by Gasteiger charge is -2.39. The molecule has 17 heavy (non-hydrogen) atoms. The van der Waals surface area contributed by atoms with E-state index in [1.165, 1.54) is 0 Å². The quantitative estimate of drug-likeness (QED) is 0.743. The van der Waals surface area contributed by atoms with Crippen molar-refractivity contribution in [2.75, 3.05) is 26.4 Å². The number of aliphatic hydroxyl groups excluding tert-OH is 1. The molecule has 2 fully saturated rings. The number of carbonyl (C=O) groups excluding carboxylic acids is 1. The van der Waals surface area contributed by atoms with Gasteiger partial charge in [-0.25, -0.2) is 0 Å². The number of carbonyl (C=O) groups is 1. The molecule has 1 N–H and O–H groups in total. The Labute approximate surface area is 102 Å². The molecule has 2 aliphatic heterocycles. The smallest absolute Gasteiger partial charge is 0.228 e. The molecule has 5 nitrogen and oxygen atoms in total. The summed E-state index contributed by atoms with van der Waals surface area (Å²) >= 11 is 0. The maximum Gasteiger partial charge on any atom is 0.228 e. The highest BCUT2D eigenvalue weighted by Gasteiger charge is 2.38. The second-order valence-electron chi connectivity index (χ2n) is 4.95. The van der Waals surface area contributed by atoms with Gasteiger partial charge in [0, 0.05) is 13.2 Å². The van der Waals surface area contributed by atoms with Crippen molar-refractivity contribution in [3.8, 4) is 0 Å². The highest BCUT2D eigenvalue weighted by molar-refractivity contribution is 5.80. The molecule has 2 heterocycles. The SMILES string of the molecule is CC1OCCC1C(=O)N1CC(CO)OCC1C. The van der Waals surface area contributed by atoms with E-state index in [4.69, 9.17) is 14.6 Å². The van der Waals surface area contributed by atoms with Crippen molar-refractivity contribution in [1.29, 1.82) is 0 Å². The van der Waals surface area contributed by atoms with Crippen LogP contribution in [0.3, 0.4) is 0 Å². The van der Waals surface area contributed by atoms with E-state index < -0.39 is 0 Å². The van der Waals surface area contributed by atoms with E-state index >= 15 is 0 Å². The Kier molecular flexibility index (Phi) is 4.01. The first kappa shape index (κ1) is 12.8. The minimum Gasteiger partial charge on any atom is -0.394 e. The Bertz CT molecular complexity index is 284. The molecule has 2 rings (SSSR count). The van der Waals surface area contributed by atoms with E-state index in [-0.39, 0.29) is 36.7 Å². The van der Waals surface area contributed by atoms with E-state index in [2.05, 4.69) is 0 Å². The summed E-state index contributed by atoms with van der Waals surface area (Å²) in [6.45, 7) is 5.54. The van der Waals surface area contributed by atoms with E-state index in [0.29, 0.717) is 19.8 Å². The van der Waals surface area contributed by atoms with Crippen LogP contribution in [0.25, 0.3) is 0 Å². The predicted molar refractivity (Wildman–Crippen MR) is 61.5 cm³/mol. The van der Waals surface area contributed by atoms with E-state index in [0.717, 1.165) is 6.42 Å². The molecule has 2 aliphatic rings. The number of aliphatic hydroxyl groups is 1. The van der Waals surface area contributed by atoms with Crippen LogP contribution in [0.15, 0.2) is 0 Å². The summed E-state index contributed by atoms with van der Waals surface area (Å²) in [6, 6.07) is 0.0816. The van der Waals surface area contributed by atoms with Gasteiger partial charge in [-0.3, -0.25) is 4.79 Å². The van der Waals surface area contributed by atoms with Crippen LogP contribution in [0, 0.1) is 5.92 Å². The zero-order valence-corrected chi connectivity index (χ0v) is 10.5. The van der Waals surface area contributed by atoms with E-state index in [1.807, 2.05) is 18.7 Å². The maximum absolute atomic E-state index is 12.4. The zero-order valence-electron chi connectivity index (χ0n) is 10.5. The molecular formula is C12H21NO4. The summed E-state index contributed by atoms with van der Waals surface area (Å²) in [7, 11) is 0. The molecule has 0 bridgehead atoms. The Balaban J connectivity index is 2.01. The van der Waals surface area contributed by atoms with E-state index in [9.17, 15) is 4.79 Å². The molecule has 0 aromatic rings. The largest absolute Gasteiger partial charge is 0.394 e. The average molecular weight is 243 g/mol. The molecule has 0 aromatic heterocycles. The average Bonchev–Trinajstić information content (AvgIpc) is 2.75. The van der Waals surface area contributed by atoms with Crippen molar-refractivity contribution >= 4 is 5.91 Å². The van der Waals surface area contributed by atoms with Crippen molar-refractivity contribution in [3.63, 3.8) is 0 Å². The molecule has 0 spiro atoms. The summed E-state index contributed by atoms with van der Waals surface area (Å²) in [5, 5.41) is 9.11. The van der Waals surface area contributed by atoms with Gasteiger partial charge in [-0.1, -0.05) is 0 Å². The number of hydrogen-bond donors (Lipinski definition) is 1. The number of ether oxygens (including phenoxy) is 2. The van der Waals surface area contributed by atoms with Crippen molar-refractivity contribution < 1.29 is 19.4 Å². The van der Waals surface area contributed by atoms with Crippen LogP contribution in [0.5, 0.6) is 0 Å². The van der Waals surface area contributed by atoms with Gasteiger partial charge in [-0.15, -0.1) is 0 Å². The molecular weight excluding hydrogens is 222 g/mol. The second-order valence-corrected chi connectivity index (χ2v) is 4.95. The third kappa shape index (κ3) is 2.61. The Morgan fingerprint density at radius 1 is 1.41 bits per heavy atom. The molecule has 0 radical (unpaired) electrons. The molecule has 5 heteroatoms. The van der Waals surface area contributed by atoms with E-state index in [1.54, 1.807) is 0 Å².